The van der Waals surface area contributed by atoms with E-state index in [-0.39, 0.29) is 24.0 Å². The van der Waals surface area contributed by atoms with Gasteiger partial charge in [-0.2, -0.15) is 0 Å². The molecule has 5 nitrogen and oxygen atoms in total. The largest absolute Gasteiger partial charge is 0.493 e. The smallest absolute Gasteiger partial charge is 0.191 e. The Morgan fingerprint density at radius 2 is 1.81 bits per heavy atom. The summed E-state index contributed by atoms with van der Waals surface area (Å²) in [5.41, 5.74) is 1.29. The molecule has 0 spiro atoms. The maximum Gasteiger partial charge on any atom is 0.191 e. The quantitative estimate of drug-likeness (QED) is 0.188. The van der Waals surface area contributed by atoms with Gasteiger partial charge in [-0.25, -0.2) is 0 Å². The number of benzene rings is 1. The van der Waals surface area contributed by atoms with Crippen LogP contribution >= 0.6 is 24.0 Å². The zero-order valence-corrected chi connectivity index (χ0v) is 19.8. The summed E-state index contributed by atoms with van der Waals surface area (Å²) < 4.78 is 11.1. The van der Waals surface area contributed by atoms with Crippen LogP contribution in [-0.2, 0) is 11.2 Å². The van der Waals surface area contributed by atoms with Crippen LogP contribution < -0.4 is 15.4 Å². The van der Waals surface area contributed by atoms with Crippen LogP contribution in [0, 0.1) is 5.92 Å². The molecule has 0 atom stereocenters. The lowest BCUT2D eigenvalue weighted by atomic mass is 10.1. The molecule has 1 aromatic carbocycles. The highest BCUT2D eigenvalue weighted by Gasteiger charge is 2.00. The first-order valence-corrected chi connectivity index (χ1v) is 9.97. The van der Waals surface area contributed by atoms with Gasteiger partial charge in [-0.1, -0.05) is 26.0 Å². The number of nitrogens with zero attached hydrogens (tertiary/aromatic N) is 1. The summed E-state index contributed by atoms with van der Waals surface area (Å²) >= 11 is 0. The van der Waals surface area contributed by atoms with Crippen molar-refractivity contribution in [2.24, 2.45) is 10.9 Å². The van der Waals surface area contributed by atoms with Crippen LogP contribution in [0.5, 0.6) is 5.75 Å². The number of aliphatic imine (C=N–C) groups is 1. The van der Waals surface area contributed by atoms with Crippen molar-refractivity contribution in [2.75, 3.05) is 39.5 Å². The Balaban J connectivity index is 0.00000676. The average molecular weight is 491 g/mol. The van der Waals surface area contributed by atoms with Crippen LogP contribution in [0.3, 0.4) is 0 Å². The van der Waals surface area contributed by atoms with Crippen LogP contribution in [0.25, 0.3) is 0 Å². The minimum Gasteiger partial charge on any atom is -0.493 e. The zero-order chi connectivity index (χ0) is 19.0. The predicted molar refractivity (Wildman–Crippen MR) is 126 cm³/mol. The number of hydrogen-bond acceptors (Lipinski definition) is 3. The van der Waals surface area contributed by atoms with Gasteiger partial charge in [0.05, 0.1) is 6.61 Å². The van der Waals surface area contributed by atoms with Crippen LogP contribution in [0.4, 0.5) is 0 Å². The molecule has 0 radical (unpaired) electrons. The molecular weight excluding hydrogens is 453 g/mol. The minimum atomic E-state index is 0. The van der Waals surface area contributed by atoms with E-state index in [0.717, 1.165) is 70.4 Å². The first-order valence-electron chi connectivity index (χ1n) is 9.97. The van der Waals surface area contributed by atoms with Gasteiger partial charge >= 0.3 is 0 Å². The van der Waals surface area contributed by atoms with Gasteiger partial charge in [-0.05, 0) is 56.7 Å². The lowest BCUT2D eigenvalue weighted by Crippen LogP contribution is -2.38. The Labute approximate surface area is 182 Å². The highest BCUT2D eigenvalue weighted by atomic mass is 127. The third-order valence-electron chi connectivity index (χ3n) is 3.73. The second kappa shape index (κ2) is 17.1. The normalized spacial score (nSPS) is 11.2. The maximum atomic E-state index is 5.72. The fraction of sp³-hybridized carbons (Fsp3) is 0.667. The van der Waals surface area contributed by atoms with Gasteiger partial charge < -0.3 is 20.1 Å². The van der Waals surface area contributed by atoms with E-state index < -0.39 is 0 Å². The Morgan fingerprint density at radius 1 is 1.07 bits per heavy atom. The van der Waals surface area contributed by atoms with Crippen molar-refractivity contribution in [2.45, 2.75) is 47.0 Å². The van der Waals surface area contributed by atoms with E-state index in [0.29, 0.717) is 5.92 Å². The average Bonchev–Trinajstić information content (AvgIpc) is 2.63. The zero-order valence-electron chi connectivity index (χ0n) is 17.4. The van der Waals surface area contributed by atoms with E-state index in [1.807, 2.05) is 6.92 Å². The summed E-state index contributed by atoms with van der Waals surface area (Å²) in [4.78, 5) is 4.62. The molecule has 1 aromatic rings. The maximum absolute atomic E-state index is 5.72. The first-order chi connectivity index (χ1) is 12.7. The van der Waals surface area contributed by atoms with Crippen molar-refractivity contribution in [3.63, 3.8) is 0 Å². The number of nitrogens with one attached hydrogen (secondary N) is 2. The Kier molecular flexibility index (Phi) is 16.5. The van der Waals surface area contributed by atoms with Crippen molar-refractivity contribution in [3.8, 4) is 5.75 Å². The first kappa shape index (κ1) is 26.0. The van der Waals surface area contributed by atoms with Gasteiger partial charge in [-0.15, -0.1) is 24.0 Å². The Morgan fingerprint density at radius 3 is 2.44 bits per heavy atom. The summed E-state index contributed by atoms with van der Waals surface area (Å²) in [6.07, 6.45) is 3.07. The van der Waals surface area contributed by atoms with Crippen molar-refractivity contribution in [1.29, 1.82) is 0 Å². The summed E-state index contributed by atoms with van der Waals surface area (Å²) in [7, 11) is 0. The van der Waals surface area contributed by atoms with Crippen LogP contribution in [0.2, 0.25) is 0 Å². The second-order valence-corrected chi connectivity index (χ2v) is 6.69. The number of halogens is 1. The summed E-state index contributed by atoms with van der Waals surface area (Å²) in [6, 6.07) is 8.37. The van der Waals surface area contributed by atoms with E-state index in [1.165, 1.54) is 5.56 Å². The van der Waals surface area contributed by atoms with E-state index in [1.54, 1.807) is 0 Å². The molecule has 1 rings (SSSR count). The van der Waals surface area contributed by atoms with Crippen molar-refractivity contribution in [1.82, 2.24) is 10.6 Å². The predicted octanol–water partition coefficient (Wildman–Crippen LogP) is 4.25. The number of hydrogen-bond donors (Lipinski definition) is 2. The van der Waals surface area contributed by atoms with E-state index in [2.05, 4.69) is 60.7 Å². The molecule has 0 aliphatic heterocycles. The highest BCUT2D eigenvalue weighted by Crippen LogP contribution is 2.13. The molecule has 0 amide bonds. The number of ether oxygens (including phenoxy) is 2. The topological polar surface area (TPSA) is 54.9 Å². The summed E-state index contributed by atoms with van der Waals surface area (Å²) in [5, 5.41) is 6.70. The molecule has 0 saturated heterocycles. The molecule has 0 bridgehead atoms. The van der Waals surface area contributed by atoms with Crippen LogP contribution in [-0.4, -0.2) is 45.4 Å². The number of unbranched alkanes of at least 4 members (excludes halogenated alkanes) is 1. The molecule has 0 saturated carbocycles. The summed E-state index contributed by atoms with van der Waals surface area (Å²) in [6.45, 7) is 13.3. The van der Waals surface area contributed by atoms with E-state index >= 15 is 0 Å². The lowest BCUT2D eigenvalue weighted by molar-refractivity contribution is 0.144. The van der Waals surface area contributed by atoms with Gasteiger partial charge in [0.1, 0.15) is 5.75 Å². The fourth-order valence-corrected chi connectivity index (χ4v) is 2.33. The van der Waals surface area contributed by atoms with E-state index in [4.69, 9.17) is 9.47 Å². The molecule has 0 fully saturated rings. The van der Waals surface area contributed by atoms with Crippen LogP contribution in [0.1, 0.15) is 46.1 Å². The van der Waals surface area contributed by atoms with E-state index in [9.17, 15) is 0 Å². The number of rotatable bonds is 13. The van der Waals surface area contributed by atoms with Gasteiger partial charge in [0, 0.05) is 32.8 Å². The molecule has 156 valence electrons. The molecule has 0 aromatic heterocycles. The molecule has 27 heavy (non-hydrogen) atoms. The Bertz CT molecular complexity index is 493. The second-order valence-electron chi connectivity index (χ2n) is 6.69. The summed E-state index contributed by atoms with van der Waals surface area (Å²) in [5.74, 6) is 2.37. The molecule has 6 heteroatoms. The fourth-order valence-electron chi connectivity index (χ4n) is 2.33. The van der Waals surface area contributed by atoms with Crippen molar-refractivity contribution in [3.05, 3.63) is 29.8 Å². The highest BCUT2D eigenvalue weighted by molar-refractivity contribution is 14.0. The SMILES string of the molecule is CCNC(=NCCCCOCC)NCCc1ccc(OCC(C)C)cc1.I. The molecule has 0 unspecified atom stereocenters. The van der Waals surface area contributed by atoms with Crippen molar-refractivity contribution < 1.29 is 9.47 Å². The monoisotopic (exact) mass is 491 g/mol. The van der Waals surface area contributed by atoms with Crippen LogP contribution in [0.15, 0.2) is 29.3 Å². The van der Waals surface area contributed by atoms with Gasteiger partial charge in [-0.3, -0.25) is 4.99 Å². The van der Waals surface area contributed by atoms with Gasteiger partial charge in [0.2, 0.25) is 0 Å². The third kappa shape index (κ3) is 13.7. The molecule has 0 aliphatic rings. The molecule has 0 aliphatic carbocycles. The molecule has 2 N–H and O–H groups in total. The molecule has 0 heterocycles. The van der Waals surface area contributed by atoms with Crippen molar-refractivity contribution >= 4 is 29.9 Å². The minimum absolute atomic E-state index is 0. The lowest BCUT2D eigenvalue weighted by Gasteiger charge is -2.12. The number of guanidine groups is 1. The third-order valence-corrected chi connectivity index (χ3v) is 3.73. The standard InChI is InChI=1S/C21H37N3O2.HI/c1-5-22-21(23-14-7-8-16-25-6-2)24-15-13-19-9-11-20(12-10-19)26-17-18(3)4;/h9-12,18H,5-8,13-17H2,1-4H3,(H2,22,23,24);1H. The van der Waals surface area contributed by atoms with Gasteiger partial charge in [0.25, 0.3) is 0 Å². The molecular formula is C21H38IN3O2. The Hall–Kier alpha value is -1.02. The van der Waals surface area contributed by atoms with Gasteiger partial charge in [0.15, 0.2) is 5.96 Å².